The molecule has 1 fully saturated rings. The van der Waals surface area contributed by atoms with Crippen LogP contribution in [0.25, 0.3) is 16.7 Å². The number of para-hydroxylation sites is 2. The van der Waals surface area contributed by atoms with Crippen molar-refractivity contribution in [1.29, 1.82) is 5.26 Å². The van der Waals surface area contributed by atoms with E-state index in [2.05, 4.69) is 18.2 Å². The molecule has 7 heteroatoms. The first-order chi connectivity index (χ1) is 15.0. The van der Waals surface area contributed by atoms with Crippen molar-refractivity contribution >= 4 is 34.9 Å². The fourth-order valence-electron chi connectivity index (χ4n) is 4.55. The van der Waals surface area contributed by atoms with Crippen molar-refractivity contribution < 1.29 is 8.78 Å². The number of imidazole rings is 1. The maximum Gasteiger partial charge on any atom is 0.251 e. The molecule has 0 N–H and O–H groups in total. The summed E-state index contributed by atoms with van der Waals surface area (Å²) in [5.74, 6) is -1.76. The molecular weight excluding hydrogens is 430 g/mol. The zero-order valence-electron chi connectivity index (χ0n) is 17.7. The van der Waals surface area contributed by atoms with Crippen LogP contribution in [0.2, 0.25) is 0 Å². The summed E-state index contributed by atoms with van der Waals surface area (Å²) in [5.41, 5.74) is 5.76. The van der Waals surface area contributed by atoms with Crippen LogP contribution < -0.4 is 4.90 Å². The van der Waals surface area contributed by atoms with Crippen LogP contribution in [-0.2, 0) is 6.42 Å². The normalized spacial score (nSPS) is 15.5. The highest BCUT2D eigenvalue weighted by atomic mass is 35.5. The molecule has 2 aromatic carbocycles. The molecule has 0 aliphatic carbocycles. The predicted octanol–water partition coefficient (Wildman–Crippen LogP) is 5.92. The minimum atomic E-state index is -2.63. The zero-order valence-corrected chi connectivity index (χ0v) is 18.5. The zero-order chi connectivity index (χ0) is 21.6. The van der Waals surface area contributed by atoms with Gasteiger partial charge in [0.15, 0.2) is 5.65 Å². The number of hydrogen-bond acceptors (Lipinski definition) is 3. The first-order valence-electron chi connectivity index (χ1n) is 10.5. The number of pyridine rings is 1. The molecule has 0 atom stereocenters. The first-order valence-corrected chi connectivity index (χ1v) is 10.5. The van der Waals surface area contributed by atoms with Crippen LogP contribution in [0.1, 0.15) is 35.1 Å². The molecule has 3 heterocycles. The molecule has 0 saturated carbocycles. The summed E-state index contributed by atoms with van der Waals surface area (Å²) in [7, 11) is 0. The summed E-state index contributed by atoms with van der Waals surface area (Å²) in [5, 5.41) is 9.99. The molecule has 1 aliphatic heterocycles. The Morgan fingerprint density at radius 2 is 1.69 bits per heavy atom. The van der Waals surface area contributed by atoms with Crippen molar-refractivity contribution in [1.82, 2.24) is 9.38 Å². The minimum absolute atomic E-state index is 0. The minimum Gasteiger partial charge on any atom is -0.357 e. The van der Waals surface area contributed by atoms with Gasteiger partial charge in [-0.15, -0.1) is 12.4 Å². The Morgan fingerprint density at radius 1 is 1.03 bits per heavy atom. The van der Waals surface area contributed by atoms with E-state index in [9.17, 15) is 14.0 Å². The number of aromatic nitrogens is 2. The molecule has 1 aliphatic rings. The molecule has 0 radical (unpaired) electrons. The van der Waals surface area contributed by atoms with Gasteiger partial charge >= 0.3 is 0 Å². The number of nitrogens with zero attached hydrogens (tertiary/aromatic N) is 4. The number of rotatable bonds is 3. The number of anilines is 1. The number of fused-ring (bicyclic) bond motifs is 3. The van der Waals surface area contributed by atoms with Crippen LogP contribution in [0.15, 0.2) is 54.6 Å². The summed E-state index contributed by atoms with van der Waals surface area (Å²) in [6.45, 7) is 2.47. The van der Waals surface area contributed by atoms with E-state index in [0.717, 1.165) is 33.5 Å². The summed E-state index contributed by atoms with van der Waals surface area (Å²) in [6.07, 6.45) is 0.266. The lowest BCUT2D eigenvalue weighted by Crippen LogP contribution is -2.40. The third kappa shape index (κ3) is 3.67. The fraction of sp³-hybridized carbons (Fsp3) is 0.280. The van der Waals surface area contributed by atoms with Gasteiger partial charge in [0.05, 0.1) is 16.6 Å². The second-order valence-electron chi connectivity index (χ2n) is 8.18. The van der Waals surface area contributed by atoms with E-state index >= 15 is 0 Å². The Hall–Kier alpha value is -3.17. The summed E-state index contributed by atoms with van der Waals surface area (Å²) >= 11 is 0. The van der Waals surface area contributed by atoms with E-state index in [0.29, 0.717) is 17.6 Å². The van der Waals surface area contributed by atoms with Gasteiger partial charge < -0.3 is 4.90 Å². The van der Waals surface area contributed by atoms with Crippen LogP contribution >= 0.6 is 12.4 Å². The molecule has 0 bridgehead atoms. The lowest BCUT2D eigenvalue weighted by atomic mass is 9.96. The van der Waals surface area contributed by atoms with E-state index in [-0.39, 0.29) is 38.3 Å². The third-order valence-corrected chi connectivity index (χ3v) is 6.22. The van der Waals surface area contributed by atoms with E-state index in [1.165, 1.54) is 0 Å². The number of alkyl halides is 2. The van der Waals surface area contributed by atoms with Crippen molar-refractivity contribution in [2.75, 3.05) is 18.0 Å². The molecule has 0 spiro atoms. The largest absolute Gasteiger partial charge is 0.357 e. The molecule has 4 nitrogen and oxygen atoms in total. The van der Waals surface area contributed by atoms with Crippen LogP contribution in [0.5, 0.6) is 0 Å². The summed E-state index contributed by atoms with van der Waals surface area (Å²) < 4.78 is 29.9. The highest BCUT2D eigenvalue weighted by molar-refractivity contribution is 5.86. The van der Waals surface area contributed by atoms with E-state index in [1.54, 1.807) is 0 Å². The van der Waals surface area contributed by atoms with Gasteiger partial charge in [-0.3, -0.25) is 4.40 Å². The molecule has 1 saturated heterocycles. The van der Waals surface area contributed by atoms with Gasteiger partial charge in [-0.1, -0.05) is 42.5 Å². The lowest BCUT2D eigenvalue weighted by molar-refractivity contribution is -0.0222. The van der Waals surface area contributed by atoms with Crippen molar-refractivity contribution in [2.45, 2.75) is 32.1 Å². The molecule has 2 aromatic heterocycles. The number of piperidine rings is 1. The monoisotopic (exact) mass is 452 g/mol. The number of benzene rings is 2. The van der Waals surface area contributed by atoms with Crippen molar-refractivity contribution in [3.8, 4) is 6.07 Å². The quantitative estimate of drug-likeness (QED) is 0.388. The van der Waals surface area contributed by atoms with Gasteiger partial charge in [0.1, 0.15) is 11.9 Å². The molecule has 164 valence electrons. The van der Waals surface area contributed by atoms with Gasteiger partial charge in [0.2, 0.25) is 0 Å². The van der Waals surface area contributed by atoms with Crippen LogP contribution in [0, 0.1) is 18.3 Å². The predicted molar refractivity (Wildman–Crippen MR) is 125 cm³/mol. The average molecular weight is 453 g/mol. The number of halogens is 3. The fourth-order valence-corrected chi connectivity index (χ4v) is 4.55. The Kier molecular flexibility index (Phi) is 5.79. The van der Waals surface area contributed by atoms with Gasteiger partial charge in [0.25, 0.3) is 5.92 Å². The second-order valence-corrected chi connectivity index (χ2v) is 8.18. The van der Waals surface area contributed by atoms with Gasteiger partial charge in [-0.05, 0) is 30.2 Å². The van der Waals surface area contributed by atoms with Gasteiger partial charge in [-0.2, -0.15) is 5.26 Å². The highest BCUT2D eigenvalue weighted by Gasteiger charge is 2.36. The SMILES string of the molecule is Cc1c(Cc2ccccc2)c(N2CCC(F)(F)CC2)n2c(nc3ccccc32)c1C#N.Cl. The Bertz CT molecular complexity index is 1320. The maximum atomic E-state index is 14.0. The number of nitriles is 1. The molecule has 4 aromatic rings. The van der Waals surface area contributed by atoms with Crippen LogP contribution in [0.4, 0.5) is 14.6 Å². The Labute approximate surface area is 191 Å². The van der Waals surface area contributed by atoms with Crippen LogP contribution in [0.3, 0.4) is 0 Å². The maximum absolute atomic E-state index is 14.0. The molecule has 32 heavy (non-hydrogen) atoms. The molecule has 0 unspecified atom stereocenters. The number of hydrogen-bond donors (Lipinski definition) is 0. The van der Waals surface area contributed by atoms with E-state index in [1.807, 2.05) is 58.7 Å². The van der Waals surface area contributed by atoms with E-state index in [4.69, 9.17) is 4.98 Å². The van der Waals surface area contributed by atoms with Crippen molar-refractivity contribution in [2.24, 2.45) is 0 Å². The lowest BCUT2D eigenvalue weighted by Gasteiger charge is -2.35. The molecule has 5 rings (SSSR count). The summed E-state index contributed by atoms with van der Waals surface area (Å²) in [4.78, 5) is 6.79. The van der Waals surface area contributed by atoms with E-state index < -0.39 is 5.92 Å². The van der Waals surface area contributed by atoms with Crippen LogP contribution in [-0.4, -0.2) is 28.4 Å². The first kappa shape index (κ1) is 22.0. The Morgan fingerprint density at radius 3 is 2.38 bits per heavy atom. The molecule has 0 amide bonds. The van der Waals surface area contributed by atoms with Gasteiger partial charge in [-0.25, -0.2) is 13.8 Å². The third-order valence-electron chi connectivity index (χ3n) is 6.22. The highest BCUT2D eigenvalue weighted by Crippen LogP contribution is 2.37. The molecular formula is C25H23ClF2N4. The topological polar surface area (TPSA) is 44.3 Å². The second kappa shape index (κ2) is 8.40. The Balaban J connectivity index is 0.00000245. The average Bonchev–Trinajstić information content (AvgIpc) is 3.14. The summed E-state index contributed by atoms with van der Waals surface area (Å²) in [6, 6.07) is 20.1. The van der Waals surface area contributed by atoms with Crippen molar-refractivity contribution in [3.63, 3.8) is 0 Å². The standard InChI is InChI=1S/C25H22F2N4.ClH/c1-17-19(15-18-7-3-2-4-8-18)24(30-13-11-25(26,27)12-14-30)31-22-10-6-5-9-21(22)29-23(31)20(17)16-28;/h2-10H,11-15H2,1H3;1H. The smallest absolute Gasteiger partial charge is 0.251 e. The van der Waals surface area contributed by atoms with Gasteiger partial charge in [0, 0.05) is 37.9 Å². The van der Waals surface area contributed by atoms with Crippen molar-refractivity contribution in [3.05, 3.63) is 76.9 Å².